The molecule has 1 rings (SSSR count). The molecule has 12 heavy (non-hydrogen) atoms. The van der Waals surface area contributed by atoms with Gasteiger partial charge in [-0.1, -0.05) is 6.92 Å². The fourth-order valence-electron chi connectivity index (χ4n) is 1.31. The van der Waals surface area contributed by atoms with Crippen LogP contribution >= 0.6 is 11.6 Å². The number of β-amino-alcohol motifs (C(OH)–C–C–N with tert-alkyl or cyclic N) is 1. The number of alkyl halides is 1. The third-order valence-corrected chi connectivity index (χ3v) is 2.49. The zero-order valence-electron chi connectivity index (χ0n) is 7.38. The van der Waals surface area contributed by atoms with Gasteiger partial charge in [0.25, 0.3) is 0 Å². The number of hydrogen-bond acceptors (Lipinski definition) is 2. The van der Waals surface area contributed by atoms with Crippen molar-refractivity contribution in [3.05, 3.63) is 0 Å². The molecule has 1 unspecified atom stereocenters. The van der Waals surface area contributed by atoms with E-state index in [1.165, 1.54) is 0 Å². The van der Waals surface area contributed by atoms with Crippen LogP contribution in [0, 0.1) is 5.92 Å². The molecule has 0 aromatic carbocycles. The highest BCUT2D eigenvalue weighted by molar-refractivity contribution is 6.19. The SMILES string of the molecule is CC(CCl)C(=O)N1CC(C)(O)C1. The predicted molar refractivity (Wildman–Crippen MR) is 47.1 cm³/mol. The first kappa shape index (κ1) is 9.81. The standard InChI is InChI=1S/C8H14ClNO2/c1-6(3-9)7(11)10-4-8(2,12)5-10/h6,12H,3-5H2,1-2H3. The van der Waals surface area contributed by atoms with E-state index in [-0.39, 0.29) is 11.8 Å². The zero-order chi connectivity index (χ0) is 9.35. The van der Waals surface area contributed by atoms with Gasteiger partial charge in [-0.3, -0.25) is 4.79 Å². The van der Waals surface area contributed by atoms with Crippen LogP contribution in [-0.2, 0) is 4.79 Å². The summed E-state index contributed by atoms with van der Waals surface area (Å²) in [5.74, 6) is 0.247. The fraction of sp³-hybridized carbons (Fsp3) is 0.875. The lowest BCUT2D eigenvalue weighted by atomic mass is 9.95. The molecule has 0 bridgehead atoms. The molecular weight excluding hydrogens is 178 g/mol. The first-order chi connectivity index (χ1) is 5.46. The van der Waals surface area contributed by atoms with E-state index in [1.807, 2.05) is 0 Å². The van der Waals surface area contributed by atoms with Gasteiger partial charge in [-0.05, 0) is 6.92 Å². The largest absolute Gasteiger partial charge is 0.386 e. The van der Waals surface area contributed by atoms with Gasteiger partial charge in [-0.25, -0.2) is 0 Å². The Balaban J connectivity index is 2.38. The highest BCUT2D eigenvalue weighted by Crippen LogP contribution is 2.21. The summed E-state index contributed by atoms with van der Waals surface area (Å²) in [6.45, 7) is 4.39. The number of carbonyl (C=O) groups excluding carboxylic acids is 1. The topological polar surface area (TPSA) is 40.5 Å². The predicted octanol–water partition coefficient (Wildman–Crippen LogP) is 0.454. The van der Waals surface area contributed by atoms with Gasteiger partial charge in [0.1, 0.15) is 0 Å². The monoisotopic (exact) mass is 191 g/mol. The summed E-state index contributed by atoms with van der Waals surface area (Å²) in [6, 6.07) is 0. The molecule has 0 spiro atoms. The number of rotatable bonds is 2. The molecule has 1 N–H and O–H groups in total. The summed E-state index contributed by atoms with van der Waals surface area (Å²) in [5.41, 5.74) is -0.679. The molecular formula is C8H14ClNO2. The number of amides is 1. The Kier molecular flexibility index (Phi) is 2.64. The molecule has 1 amide bonds. The van der Waals surface area contributed by atoms with Crippen LogP contribution < -0.4 is 0 Å². The number of aliphatic hydroxyl groups is 1. The van der Waals surface area contributed by atoms with Gasteiger partial charge in [0.2, 0.25) is 5.91 Å². The Morgan fingerprint density at radius 2 is 2.25 bits per heavy atom. The maximum absolute atomic E-state index is 11.4. The quantitative estimate of drug-likeness (QED) is 0.645. The first-order valence-corrected chi connectivity index (χ1v) is 4.57. The van der Waals surface area contributed by atoms with Gasteiger partial charge in [-0.2, -0.15) is 0 Å². The number of likely N-dealkylation sites (tertiary alicyclic amines) is 1. The smallest absolute Gasteiger partial charge is 0.226 e. The van der Waals surface area contributed by atoms with Gasteiger partial charge in [-0.15, -0.1) is 11.6 Å². The van der Waals surface area contributed by atoms with Crippen LogP contribution in [0.2, 0.25) is 0 Å². The van der Waals surface area contributed by atoms with Crippen molar-refractivity contribution in [2.45, 2.75) is 19.4 Å². The van der Waals surface area contributed by atoms with Crippen molar-refractivity contribution in [1.29, 1.82) is 0 Å². The van der Waals surface area contributed by atoms with E-state index in [1.54, 1.807) is 18.7 Å². The highest BCUT2D eigenvalue weighted by atomic mass is 35.5. The molecule has 1 aliphatic rings. The second-order valence-electron chi connectivity index (χ2n) is 3.75. The maximum Gasteiger partial charge on any atom is 0.226 e. The minimum absolute atomic E-state index is 0.0384. The fourth-order valence-corrected chi connectivity index (χ4v) is 1.44. The van der Waals surface area contributed by atoms with Gasteiger partial charge < -0.3 is 10.0 Å². The Morgan fingerprint density at radius 3 is 2.58 bits per heavy atom. The van der Waals surface area contributed by atoms with Crippen LogP contribution in [0.15, 0.2) is 0 Å². The molecule has 1 heterocycles. The maximum atomic E-state index is 11.4. The van der Waals surface area contributed by atoms with E-state index in [9.17, 15) is 9.90 Å². The van der Waals surface area contributed by atoms with Gasteiger partial charge in [0, 0.05) is 11.8 Å². The molecule has 0 saturated carbocycles. The highest BCUT2D eigenvalue weighted by Gasteiger charge is 2.40. The van der Waals surface area contributed by atoms with Crippen molar-refractivity contribution in [1.82, 2.24) is 4.90 Å². The van der Waals surface area contributed by atoms with Crippen molar-refractivity contribution >= 4 is 17.5 Å². The lowest BCUT2D eigenvalue weighted by molar-refractivity contribution is -0.155. The minimum Gasteiger partial charge on any atom is -0.386 e. The lowest BCUT2D eigenvalue weighted by Gasteiger charge is -2.45. The van der Waals surface area contributed by atoms with Crippen molar-refractivity contribution in [2.75, 3.05) is 19.0 Å². The van der Waals surface area contributed by atoms with Crippen LogP contribution in [-0.4, -0.2) is 40.5 Å². The molecule has 0 aliphatic carbocycles. The molecule has 1 aliphatic heterocycles. The van der Waals surface area contributed by atoms with Crippen LogP contribution in [0.25, 0.3) is 0 Å². The normalized spacial score (nSPS) is 23.2. The summed E-state index contributed by atoms with van der Waals surface area (Å²) < 4.78 is 0. The summed E-state index contributed by atoms with van der Waals surface area (Å²) in [6.07, 6.45) is 0. The van der Waals surface area contributed by atoms with Crippen LogP contribution in [0.5, 0.6) is 0 Å². The molecule has 70 valence electrons. The Labute approximate surface area is 77.3 Å². The third-order valence-electron chi connectivity index (χ3n) is 2.03. The van der Waals surface area contributed by atoms with E-state index in [4.69, 9.17) is 11.6 Å². The average Bonchev–Trinajstić information content (AvgIpc) is 1.97. The Bertz CT molecular complexity index is 185. The minimum atomic E-state index is -0.679. The summed E-state index contributed by atoms with van der Waals surface area (Å²) >= 11 is 5.53. The summed E-state index contributed by atoms with van der Waals surface area (Å²) in [5, 5.41) is 9.36. The number of halogens is 1. The average molecular weight is 192 g/mol. The molecule has 0 radical (unpaired) electrons. The second-order valence-corrected chi connectivity index (χ2v) is 4.06. The van der Waals surface area contributed by atoms with E-state index < -0.39 is 5.60 Å². The van der Waals surface area contributed by atoms with E-state index >= 15 is 0 Å². The molecule has 3 nitrogen and oxygen atoms in total. The second kappa shape index (κ2) is 3.23. The molecule has 0 aromatic heterocycles. The molecule has 1 fully saturated rings. The van der Waals surface area contributed by atoms with Crippen molar-refractivity contribution < 1.29 is 9.90 Å². The molecule has 1 saturated heterocycles. The molecule has 0 aromatic rings. The number of nitrogens with zero attached hydrogens (tertiary/aromatic N) is 1. The summed E-state index contributed by atoms with van der Waals surface area (Å²) in [7, 11) is 0. The Morgan fingerprint density at radius 1 is 1.75 bits per heavy atom. The lowest BCUT2D eigenvalue weighted by Crippen LogP contribution is -2.62. The van der Waals surface area contributed by atoms with Crippen LogP contribution in [0.3, 0.4) is 0 Å². The molecule has 4 heteroatoms. The van der Waals surface area contributed by atoms with E-state index in [0.717, 1.165) is 0 Å². The summed E-state index contributed by atoms with van der Waals surface area (Å²) in [4.78, 5) is 13.0. The van der Waals surface area contributed by atoms with Crippen molar-refractivity contribution in [3.8, 4) is 0 Å². The van der Waals surface area contributed by atoms with Gasteiger partial charge >= 0.3 is 0 Å². The first-order valence-electron chi connectivity index (χ1n) is 4.03. The van der Waals surface area contributed by atoms with Gasteiger partial charge in [0.15, 0.2) is 0 Å². The zero-order valence-corrected chi connectivity index (χ0v) is 8.14. The molecule has 1 atom stereocenters. The number of hydrogen-bond donors (Lipinski definition) is 1. The van der Waals surface area contributed by atoms with Crippen LogP contribution in [0.4, 0.5) is 0 Å². The van der Waals surface area contributed by atoms with Crippen LogP contribution in [0.1, 0.15) is 13.8 Å². The Hall–Kier alpha value is -0.280. The number of carbonyl (C=O) groups is 1. The van der Waals surface area contributed by atoms with Gasteiger partial charge in [0.05, 0.1) is 18.7 Å². The van der Waals surface area contributed by atoms with Crippen molar-refractivity contribution in [3.63, 3.8) is 0 Å². The third kappa shape index (κ3) is 1.90. The van der Waals surface area contributed by atoms with E-state index in [2.05, 4.69) is 0 Å². The van der Waals surface area contributed by atoms with Crippen molar-refractivity contribution in [2.24, 2.45) is 5.92 Å². The van der Waals surface area contributed by atoms with E-state index in [0.29, 0.717) is 19.0 Å².